The van der Waals surface area contributed by atoms with E-state index in [9.17, 15) is 4.79 Å². The van der Waals surface area contributed by atoms with Gasteiger partial charge in [-0.2, -0.15) is 0 Å². The Morgan fingerprint density at radius 3 is 2.30 bits per heavy atom. The van der Waals surface area contributed by atoms with Gasteiger partial charge in [-0.05, 0) is 78.1 Å². The van der Waals surface area contributed by atoms with E-state index in [1.165, 1.54) is 11.8 Å². The molecule has 2 aromatic heterocycles. The molecule has 0 atom stereocenters. The molecule has 166 valence electrons. The van der Waals surface area contributed by atoms with Crippen LogP contribution in [0.2, 0.25) is 10.0 Å². The van der Waals surface area contributed by atoms with Crippen LogP contribution in [0.1, 0.15) is 29.7 Å². The largest absolute Gasteiger partial charge is 0.290 e. The van der Waals surface area contributed by atoms with Crippen LogP contribution in [0.15, 0.2) is 58.5 Å². The molecule has 0 amide bonds. The predicted octanol–water partition coefficient (Wildman–Crippen LogP) is 6.90. The number of fused-ring (bicyclic) bond motifs is 2. The quantitative estimate of drug-likeness (QED) is 0.230. The van der Waals surface area contributed by atoms with Gasteiger partial charge in [0.1, 0.15) is 0 Å². The second-order valence-corrected chi connectivity index (χ2v) is 9.70. The first-order valence-electron chi connectivity index (χ1n) is 10.7. The molecular weight excluding hydrogens is 473 g/mol. The molecule has 0 saturated heterocycles. The van der Waals surface area contributed by atoms with Gasteiger partial charge in [0.15, 0.2) is 10.8 Å². The molecule has 1 aliphatic carbocycles. The molecule has 0 radical (unpaired) electrons. The molecular formula is C26H21Cl2N3OS. The molecule has 0 unspecified atom stereocenters. The lowest BCUT2D eigenvalue weighted by atomic mass is 9.84. The number of aromatic nitrogens is 3. The number of rotatable bonds is 3. The van der Waals surface area contributed by atoms with Gasteiger partial charge in [0.05, 0.1) is 11.1 Å². The van der Waals surface area contributed by atoms with Gasteiger partial charge in [-0.3, -0.25) is 9.36 Å². The molecule has 0 spiro atoms. The molecule has 7 heteroatoms. The molecule has 4 nitrogen and oxygen atoms in total. The molecule has 0 bridgehead atoms. The van der Waals surface area contributed by atoms with Crippen molar-refractivity contribution in [2.75, 3.05) is 6.26 Å². The summed E-state index contributed by atoms with van der Waals surface area (Å²) in [5.74, 6) is 0. The first-order valence-corrected chi connectivity index (χ1v) is 12.6. The van der Waals surface area contributed by atoms with E-state index in [4.69, 9.17) is 33.2 Å². The second-order valence-electron chi connectivity index (χ2n) is 8.06. The Morgan fingerprint density at radius 1 is 0.970 bits per heavy atom. The fourth-order valence-corrected chi connectivity index (χ4v) is 5.20. The molecule has 0 aliphatic heterocycles. The minimum absolute atomic E-state index is 0.0848. The van der Waals surface area contributed by atoms with Crippen molar-refractivity contribution in [2.24, 2.45) is 7.05 Å². The summed E-state index contributed by atoms with van der Waals surface area (Å²) in [6.07, 6.45) is 6.82. The van der Waals surface area contributed by atoms with Crippen molar-refractivity contribution in [3.8, 4) is 11.1 Å². The Bertz CT molecular complexity index is 1460. The SMILES string of the molecule is CSc1nc2nc3c(c(-c4ccc(Cl)cc4)c2c(=O)n1C)CCC/C3=C\c1ccc(Cl)cc1. The van der Waals surface area contributed by atoms with Crippen LogP contribution in [0.5, 0.6) is 0 Å². The van der Waals surface area contributed by atoms with E-state index in [1.807, 2.05) is 54.8 Å². The van der Waals surface area contributed by atoms with Gasteiger partial charge in [0.25, 0.3) is 5.56 Å². The molecule has 2 heterocycles. The van der Waals surface area contributed by atoms with E-state index in [0.29, 0.717) is 26.2 Å². The van der Waals surface area contributed by atoms with Crippen molar-refractivity contribution in [2.45, 2.75) is 24.4 Å². The van der Waals surface area contributed by atoms with Crippen LogP contribution in [-0.4, -0.2) is 20.8 Å². The molecule has 0 N–H and O–H groups in total. The van der Waals surface area contributed by atoms with Gasteiger partial charge in [-0.1, -0.05) is 59.2 Å². The minimum atomic E-state index is -0.0848. The smallest absolute Gasteiger partial charge is 0.264 e. The van der Waals surface area contributed by atoms with Gasteiger partial charge in [-0.15, -0.1) is 0 Å². The lowest BCUT2D eigenvalue weighted by molar-refractivity contribution is 0.722. The van der Waals surface area contributed by atoms with Crippen LogP contribution in [-0.2, 0) is 13.5 Å². The highest BCUT2D eigenvalue weighted by Crippen LogP contribution is 2.40. The highest BCUT2D eigenvalue weighted by molar-refractivity contribution is 7.98. The van der Waals surface area contributed by atoms with E-state index >= 15 is 0 Å². The van der Waals surface area contributed by atoms with Crippen LogP contribution in [0.25, 0.3) is 33.8 Å². The molecule has 4 aromatic rings. The third kappa shape index (κ3) is 4.10. The molecule has 1 aliphatic rings. The number of hydrogen-bond acceptors (Lipinski definition) is 4. The summed E-state index contributed by atoms with van der Waals surface area (Å²) < 4.78 is 1.60. The maximum Gasteiger partial charge on any atom is 0.264 e. The molecule has 0 fully saturated rings. The number of allylic oxidation sites excluding steroid dienone is 1. The van der Waals surface area contributed by atoms with E-state index in [1.54, 1.807) is 11.6 Å². The van der Waals surface area contributed by atoms with Gasteiger partial charge < -0.3 is 0 Å². The Hall–Kier alpha value is -2.60. The number of nitrogens with zero attached hydrogens (tertiary/aromatic N) is 3. The van der Waals surface area contributed by atoms with Crippen LogP contribution < -0.4 is 5.56 Å². The van der Waals surface area contributed by atoms with Gasteiger partial charge in [0.2, 0.25) is 0 Å². The zero-order chi connectivity index (χ0) is 23.1. The standard InChI is InChI=1S/C26H21Cl2N3OS/c1-31-25(32)22-21(16-8-12-19(28)13-9-16)20-5-3-4-17(14-15-6-10-18(27)11-7-15)23(20)29-24(22)30-26(31)33-2/h6-14H,3-5H2,1-2H3/b17-14+. The Kier molecular flexibility index (Phi) is 6.04. The lowest BCUT2D eigenvalue weighted by Crippen LogP contribution is -2.22. The van der Waals surface area contributed by atoms with Crippen LogP contribution in [0.4, 0.5) is 0 Å². The van der Waals surface area contributed by atoms with Crippen molar-refractivity contribution in [3.63, 3.8) is 0 Å². The van der Waals surface area contributed by atoms with Crippen molar-refractivity contribution in [1.29, 1.82) is 0 Å². The summed E-state index contributed by atoms with van der Waals surface area (Å²) in [5, 5.41) is 2.56. The summed E-state index contributed by atoms with van der Waals surface area (Å²) >= 11 is 13.7. The maximum absolute atomic E-state index is 13.5. The van der Waals surface area contributed by atoms with E-state index in [-0.39, 0.29) is 5.56 Å². The fourth-order valence-electron chi connectivity index (χ4n) is 4.42. The van der Waals surface area contributed by atoms with Crippen LogP contribution in [0.3, 0.4) is 0 Å². The zero-order valence-electron chi connectivity index (χ0n) is 18.2. The normalized spacial score (nSPS) is 14.6. The summed E-state index contributed by atoms with van der Waals surface area (Å²) in [6.45, 7) is 0. The summed E-state index contributed by atoms with van der Waals surface area (Å²) in [4.78, 5) is 23.2. The van der Waals surface area contributed by atoms with Crippen molar-refractivity contribution in [1.82, 2.24) is 14.5 Å². The summed E-state index contributed by atoms with van der Waals surface area (Å²) in [7, 11) is 1.76. The molecule has 0 saturated carbocycles. The highest BCUT2D eigenvalue weighted by atomic mass is 35.5. The van der Waals surface area contributed by atoms with E-state index in [0.717, 1.165) is 52.8 Å². The molecule has 33 heavy (non-hydrogen) atoms. The molecule has 5 rings (SSSR count). The number of benzene rings is 2. The predicted molar refractivity (Wildman–Crippen MR) is 139 cm³/mol. The van der Waals surface area contributed by atoms with E-state index < -0.39 is 0 Å². The van der Waals surface area contributed by atoms with Crippen molar-refractivity contribution >= 4 is 57.6 Å². The third-order valence-electron chi connectivity index (χ3n) is 5.99. The second kappa shape index (κ2) is 8.98. The van der Waals surface area contributed by atoms with Crippen molar-refractivity contribution < 1.29 is 0 Å². The number of hydrogen-bond donors (Lipinski definition) is 0. The van der Waals surface area contributed by atoms with Gasteiger partial charge in [-0.25, -0.2) is 9.97 Å². The zero-order valence-corrected chi connectivity index (χ0v) is 20.6. The Balaban J connectivity index is 1.85. The number of halogens is 2. The lowest BCUT2D eigenvalue weighted by Gasteiger charge is -2.23. The number of thioether (sulfide) groups is 1. The van der Waals surface area contributed by atoms with Crippen LogP contribution >= 0.6 is 35.0 Å². The summed E-state index contributed by atoms with van der Waals surface area (Å²) in [6, 6.07) is 15.4. The topological polar surface area (TPSA) is 47.8 Å². The van der Waals surface area contributed by atoms with E-state index in [2.05, 4.69) is 6.08 Å². The summed E-state index contributed by atoms with van der Waals surface area (Å²) in [5.41, 5.74) is 6.48. The minimum Gasteiger partial charge on any atom is -0.290 e. The highest BCUT2D eigenvalue weighted by Gasteiger charge is 2.25. The van der Waals surface area contributed by atoms with Crippen molar-refractivity contribution in [3.05, 3.63) is 85.8 Å². The third-order valence-corrected chi connectivity index (χ3v) is 7.22. The fraction of sp³-hybridized carbons (Fsp3) is 0.192. The average Bonchev–Trinajstić information content (AvgIpc) is 2.82. The first-order chi connectivity index (χ1) is 16.0. The number of pyridine rings is 1. The first kappa shape index (κ1) is 22.2. The Morgan fingerprint density at radius 2 is 1.64 bits per heavy atom. The molecule has 2 aromatic carbocycles. The average molecular weight is 494 g/mol. The Labute approximate surface area is 206 Å². The van der Waals surface area contributed by atoms with Crippen LogP contribution in [0, 0.1) is 0 Å². The monoisotopic (exact) mass is 493 g/mol. The van der Waals surface area contributed by atoms with Gasteiger partial charge in [0, 0.05) is 22.7 Å². The van der Waals surface area contributed by atoms with Gasteiger partial charge >= 0.3 is 0 Å². The maximum atomic E-state index is 13.5.